The lowest BCUT2D eigenvalue weighted by Gasteiger charge is -2.20. The highest BCUT2D eigenvalue weighted by Crippen LogP contribution is 2.26. The van der Waals surface area contributed by atoms with E-state index >= 15 is 0 Å². The first-order valence-electron chi connectivity index (χ1n) is 7.39. The normalized spacial score (nSPS) is 12.1. The predicted octanol–water partition coefficient (Wildman–Crippen LogP) is 5.89. The Morgan fingerprint density at radius 2 is 1.71 bits per heavy atom. The number of nitrogens with one attached hydrogen (secondary N) is 1. The summed E-state index contributed by atoms with van der Waals surface area (Å²) in [7, 11) is 0. The van der Waals surface area contributed by atoms with Crippen LogP contribution in [0.4, 0.5) is 10.1 Å². The maximum absolute atomic E-state index is 13.1. The SMILES string of the molecule is CCCCC(Nc1ccc(SC)cc1)c1ccc(F)cc1. The lowest BCUT2D eigenvalue weighted by molar-refractivity contribution is 0.616. The summed E-state index contributed by atoms with van der Waals surface area (Å²) < 4.78 is 13.1. The Hall–Kier alpha value is -1.48. The van der Waals surface area contributed by atoms with Crippen LogP contribution in [0.1, 0.15) is 37.8 Å². The van der Waals surface area contributed by atoms with E-state index < -0.39 is 0 Å². The van der Waals surface area contributed by atoms with Crippen LogP contribution in [0, 0.1) is 5.82 Å². The first-order chi connectivity index (χ1) is 10.2. The average molecular weight is 303 g/mol. The molecular weight excluding hydrogens is 281 g/mol. The molecule has 1 atom stereocenters. The Balaban J connectivity index is 2.13. The van der Waals surface area contributed by atoms with Gasteiger partial charge in [0.25, 0.3) is 0 Å². The summed E-state index contributed by atoms with van der Waals surface area (Å²) >= 11 is 1.74. The molecule has 0 aliphatic rings. The summed E-state index contributed by atoms with van der Waals surface area (Å²) in [5.74, 6) is -0.183. The molecule has 1 N–H and O–H groups in total. The molecule has 21 heavy (non-hydrogen) atoms. The number of hydrogen-bond donors (Lipinski definition) is 1. The second kappa shape index (κ2) is 8.08. The second-order valence-corrected chi connectivity index (χ2v) is 6.00. The molecule has 1 unspecified atom stereocenters. The Kier molecular flexibility index (Phi) is 6.12. The Labute approximate surface area is 131 Å². The van der Waals surface area contributed by atoms with Gasteiger partial charge in [-0.1, -0.05) is 31.9 Å². The van der Waals surface area contributed by atoms with E-state index in [-0.39, 0.29) is 11.9 Å². The zero-order chi connectivity index (χ0) is 15.1. The smallest absolute Gasteiger partial charge is 0.123 e. The molecule has 0 bridgehead atoms. The van der Waals surface area contributed by atoms with Gasteiger partial charge in [0, 0.05) is 10.6 Å². The summed E-state index contributed by atoms with van der Waals surface area (Å²) in [6, 6.07) is 15.5. The lowest BCUT2D eigenvalue weighted by Crippen LogP contribution is -2.10. The van der Waals surface area contributed by atoms with Crippen LogP contribution < -0.4 is 5.32 Å². The molecule has 2 rings (SSSR count). The minimum Gasteiger partial charge on any atom is -0.378 e. The van der Waals surface area contributed by atoms with Crippen molar-refractivity contribution >= 4 is 17.4 Å². The van der Waals surface area contributed by atoms with Crippen LogP contribution in [-0.4, -0.2) is 6.26 Å². The van der Waals surface area contributed by atoms with E-state index in [1.807, 2.05) is 12.1 Å². The molecule has 0 fully saturated rings. The molecule has 1 nitrogen and oxygen atoms in total. The van der Waals surface area contributed by atoms with E-state index in [9.17, 15) is 4.39 Å². The van der Waals surface area contributed by atoms with E-state index in [0.717, 1.165) is 30.5 Å². The molecule has 0 heterocycles. The number of benzene rings is 2. The van der Waals surface area contributed by atoms with Crippen molar-refractivity contribution in [3.63, 3.8) is 0 Å². The average Bonchev–Trinajstić information content (AvgIpc) is 2.53. The minimum atomic E-state index is -0.183. The van der Waals surface area contributed by atoms with Crippen LogP contribution in [0.15, 0.2) is 53.4 Å². The van der Waals surface area contributed by atoms with Gasteiger partial charge in [0.1, 0.15) is 5.82 Å². The number of hydrogen-bond acceptors (Lipinski definition) is 2. The third-order valence-corrected chi connectivity index (χ3v) is 4.29. The number of halogens is 1. The van der Waals surface area contributed by atoms with Gasteiger partial charge in [0.05, 0.1) is 6.04 Å². The monoisotopic (exact) mass is 303 g/mol. The van der Waals surface area contributed by atoms with E-state index in [2.05, 4.69) is 42.8 Å². The summed E-state index contributed by atoms with van der Waals surface area (Å²) in [5, 5.41) is 3.57. The zero-order valence-electron chi connectivity index (χ0n) is 12.6. The number of rotatable bonds is 7. The fourth-order valence-corrected chi connectivity index (χ4v) is 2.72. The van der Waals surface area contributed by atoms with Crippen LogP contribution in [0.3, 0.4) is 0 Å². The van der Waals surface area contributed by atoms with E-state index in [4.69, 9.17) is 0 Å². The molecule has 2 aromatic rings. The molecule has 0 saturated carbocycles. The Bertz CT molecular complexity index is 536. The van der Waals surface area contributed by atoms with Crippen LogP contribution in [0.2, 0.25) is 0 Å². The Morgan fingerprint density at radius 1 is 1.05 bits per heavy atom. The fourth-order valence-electron chi connectivity index (χ4n) is 2.31. The summed E-state index contributed by atoms with van der Waals surface area (Å²) in [6.45, 7) is 2.19. The molecule has 0 radical (unpaired) electrons. The maximum atomic E-state index is 13.1. The van der Waals surface area contributed by atoms with Crippen LogP contribution in [0.25, 0.3) is 0 Å². The number of anilines is 1. The van der Waals surface area contributed by atoms with Gasteiger partial charge in [-0.25, -0.2) is 4.39 Å². The second-order valence-electron chi connectivity index (χ2n) is 5.12. The number of unbranched alkanes of at least 4 members (excludes halogenated alkanes) is 1. The Morgan fingerprint density at radius 3 is 2.29 bits per heavy atom. The van der Waals surface area contributed by atoms with Crippen molar-refractivity contribution in [1.29, 1.82) is 0 Å². The molecular formula is C18H22FNS. The molecule has 3 heteroatoms. The van der Waals surface area contributed by atoms with Gasteiger partial charge >= 0.3 is 0 Å². The first-order valence-corrected chi connectivity index (χ1v) is 8.61. The summed E-state index contributed by atoms with van der Waals surface area (Å²) in [4.78, 5) is 1.26. The molecule has 112 valence electrons. The molecule has 0 saturated heterocycles. The molecule has 0 aromatic heterocycles. The van der Waals surface area contributed by atoms with Crippen LogP contribution in [-0.2, 0) is 0 Å². The van der Waals surface area contributed by atoms with Crippen molar-refractivity contribution in [3.05, 3.63) is 59.9 Å². The van der Waals surface area contributed by atoms with Gasteiger partial charge in [0.2, 0.25) is 0 Å². The van der Waals surface area contributed by atoms with Crippen molar-refractivity contribution in [3.8, 4) is 0 Å². The summed E-state index contributed by atoms with van der Waals surface area (Å²) in [6.07, 6.45) is 5.43. The third-order valence-electron chi connectivity index (χ3n) is 3.55. The quantitative estimate of drug-likeness (QED) is 0.640. The highest BCUT2D eigenvalue weighted by atomic mass is 32.2. The zero-order valence-corrected chi connectivity index (χ0v) is 13.4. The van der Waals surface area contributed by atoms with Gasteiger partial charge < -0.3 is 5.32 Å². The van der Waals surface area contributed by atoms with Gasteiger partial charge in [-0.3, -0.25) is 0 Å². The highest BCUT2D eigenvalue weighted by molar-refractivity contribution is 7.98. The van der Waals surface area contributed by atoms with Gasteiger partial charge in [0.15, 0.2) is 0 Å². The van der Waals surface area contributed by atoms with Gasteiger partial charge in [-0.15, -0.1) is 11.8 Å². The first kappa shape index (κ1) is 15.9. The molecule has 0 amide bonds. The third kappa shape index (κ3) is 4.78. The van der Waals surface area contributed by atoms with Crippen molar-refractivity contribution in [2.45, 2.75) is 37.1 Å². The van der Waals surface area contributed by atoms with Gasteiger partial charge in [-0.2, -0.15) is 0 Å². The maximum Gasteiger partial charge on any atom is 0.123 e. The minimum absolute atomic E-state index is 0.183. The van der Waals surface area contributed by atoms with Crippen molar-refractivity contribution in [2.75, 3.05) is 11.6 Å². The van der Waals surface area contributed by atoms with Crippen molar-refractivity contribution in [1.82, 2.24) is 0 Å². The molecule has 0 aliphatic carbocycles. The summed E-state index contributed by atoms with van der Waals surface area (Å²) in [5.41, 5.74) is 2.25. The van der Waals surface area contributed by atoms with Crippen LogP contribution in [0.5, 0.6) is 0 Å². The van der Waals surface area contributed by atoms with Crippen LogP contribution >= 0.6 is 11.8 Å². The largest absolute Gasteiger partial charge is 0.378 e. The topological polar surface area (TPSA) is 12.0 Å². The van der Waals surface area contributed by atoms with Crippen molar-refractivity contribution in [2.24, 2.45) is 0 Å². The lowest BCUT2D eigenvalue weighted by atomic mass is 10.0. The van der Waals surface area contributed by atoms with E-state index in [1.54, 1.807) is 11.8 Å². The highest BCUT2D eigenvalue weighted by Gasteiger charge is 2.11. The predicted molar refractivity (Wildman–Crippen MR) is 90.5 cm³/mol. The molecule has 0 aliphatic heterocycles. The molecule has 0 spiro atoms. The van der Waals surface area contributed by atoms with E-state index in [0.29, 0.717) is 0 Å². The standard InChI is InChI=1S/C18H22FNS/c1-3-4-5-18(14-6-8-15(19)9-7-14)20-16-10-12-17(21-2)13-11-16/h6-13,18,20H,3-5H2,1-2H3. The van der Waals surface area contributed by atoms with E-state index in [1.165, 1.54) is 17.0 Å². The number of thioether (sulfide) groups is 1. The van der Waals surface area contributed by atoms with Gasteiger partial charge in [-0.05, 0) is 54.6 Å². The van der Waals surface area contributed by atoms with Crippen molar-refractivity contribution < 1.29 is 4.39 Å². The molecule has 2 aromatic carbocycles. The fraction of sp³-hybridized carbons (Fsp3) is 0.333.